The number of hydrogen-bond acceptors (Lipinski definition) is 6. The van der Waals surface area contributed by atoms with Gasteiger partial charge in [0.1, 0.15) is 0 Å². The fourth-order valence-electron chi connectivity index (χ4n) is 2.41. The van der Waals surface area contributed by atoms with E-state index >= 15 is 0 Å². The summed E-state index contributed by atoms with van der Waals surface area (Å²) >= 11 is 0. The highest BCUT2D eigenvalue weighted by atomic mass is 16.6. The number of carbonyl (C=O) groups is 1. The van der Waals surface area contributed by atoms with E-state index in [2.05, 4.69) is 15.0 Å². The maximum atomic E-state index is 12.4. The number of nitrogens with zero attached hydrogens (tertiary/aromatic N) is 5. The third-order valence-corrected chi connectivity index (χ3v) is 3.79. The van der Waals surface area contributed by atoms with Crippen molar-refractivity contribution in [1.82, 2.24) is 9.97 Å². The lowest BCUT2D eigenvalue weighted by atomic mass is 10.1. The molecule has 0 bridgehead atoms. The smallest absolute Gasteiger partial charge is 0.282 e. The van der Waals surface area contributed by atoms with Crippen molar-refractivity contribution >= 4 is 29.1 Å². The minimum absolute atomic E-state index is 0.0190. The lowest BCUT2D eigenvalue weighted by Crippen LogP contribution is -2.25. The number of amides is 1. The highest BCUT2D eigenvalue weighted by Gasteiger charge is 2.22. The van der Waals surface area contributed by atoms with Gasteiger partial charge in [-0.2, -0.15) is 4.99 Å². The van der Waals surface area contributed by atoms with Gasteiger partial charge in [-0.3, -0.25) is 19.9 Å². The molecule has 0 atom stereocenters. The van der Waals surface area contributed by atoms with Gasteiger partial charge in [-0.1, -0.05) is 0 Å². The number of nitro benzene ring substituents is 1. The van der Waals surface area contributed by atoms with E-state index in [-0.39, 0.29) is 11.3 Å². The van der Waals surface area contributed by atoms with Crippen molar-refractivity contribution in [3.05, 3.63) is 51.0 Å². The Labute approximate surface area is 149 Å². The summed E-state index contributed by atoms with van der Waals surface area (Å²) in [5, 5.41) is 11.1. The Bertz CT molecular complexity index is 920. The molecular weight excluding hydrogens is 338 g/mol. The second-order valence-corrected chi connectivity index (χ2v) is 5.66. The number of aromatic nitrogens is 2. The molecule has 0 unspecified atom stereocenters. The molecule has 4 N–H and O–H groups in total. The minimum Gasteiger partial charge on any atom is -0.370 e. The van der Waals surface area contributed by atoms with Crippen LogP contribution in [0, 0.1) is 30.9 Å². The van der Waals surface area contributed by atoms with Crippen LogP contribution in [0.3, 0.4) is 0 Å². The monoisotopic (exact) mass is 357 g/mol. The summed E-state index contributed by atoms with van der Waals surface area (Å²) in [5.41, 5.74) is 12.8. The third-order valence-electron chi connectivity index (χ3n) is 3.79. The summed E-state index contributed by atoms with van der Waals surface area (Å²) in [7, 11) is 1.68. The average molecular weight is 357 g/mol. The predicted molar refractivity (Wildman–Crippen MR) is 97.5 cm³/mol. The van der Waals surface area contributed by atoms with Crippen molar-refractivity contribution in [1.29, 1.82) is 0 Å². The number of non-ortho nitro benzene ring substituents is 1. The molecule has 0 aliphatic heterocycles. The van der Waals surface area contributed by atoms with E-state index in [0.717, 1.165) is 17.5 Å². The molecule has 1 heterocycles. The molecular formula is C16H19N7O3. The lowest BCUT2D eigenvalue weighted by Gasteiger charge is -2.22. The number of anilines is 2. The zero-order chi connectivity index (χ0) is 19.6. The van der Waals surface area contributed by atoms with Crippen LogP contribution in [0.1, 0.15) is 27.4 Å². The Balaban J connectivity index is 2.64. The number of nitrogens with two attached hydrogens (primary N) is 2. The number of nitro groups is 1. The molecule has 1 aromatic heterocycles. The molecule has 0 aliphatic carbocycles. The maximum Gasteiger partial charge on any atom is 0.282 e. The molecule has 26 heavy (non-hydrogen) atoms. The van der Waals surface area contributed by atoms with E-state index < -0.39 is 16.8 Å². The van der Waals surface area contributed by atoms with Crippen LogP contribution in [0.2, 0.25) is 0 Å². The summed E-state index contributed by atoms with van der Waals surface area (Å²) in [6.07, 6.45) is 0. The quantitative estimate of drug-likeness (QED) is 0.361. The van der Waals surface area contributed by atoms with Crippen molar-refractivity contribution in [2.75, 3.05) is 11.9 Å². The van der Waals surface area contributed by atoms with Crippen LogP contribution in [0.4, 0.5) is 17.2 Å². The fraction of sp³-hybridized carbons (Fsp3) is 0.250. The molecule has 0 spiro atoms. The van der Waals surface area contributed by atoms with E-state index in [0.29, 0.717) is 17.2 Å². The van der Waals surface area contributed by atoms with Crippen LogP contribution in [-0.4, -0.2) is 33.8 Å². The average Bonchev–Trinajstić information content (AvgIpc) is 2.56. The van der Waals surface area contributed by atoms with Crippen LogP contribution in [0.25, 0.3) is 0 Å². The van der Waals surface area contributed by atoms with Crippen molar-refractivity contribution in [3.8, 4) is 0 Å². The second kappa shape index (κ2) is 7.13. The second-order valence-electron chi connectivity index (χ2n) is 5.66. The number of carbonyl (C=O) groups excluding carboxylic acids is 1. The van der Waals surface area contributed by atoms with E-state index in [4.69, 9.17) is 11.5 Å². The molecule has 0 aliphatic rings. The largest absolute Gasteiger partial charge is 0.370 e. The third kappa shape index (κ3) is 3.74. The summed E-state index contributed by atoms with van der Waals surface area (Å²) in [5.74, 6) is -0.706. The summed E-state index contributed by atoms with van der Waals surface area (Å²) in [6, 6.07) is 3.87. The molecule has 10 nitrogen and oxygen atoms in total. The first-order valence-corrected chi connectivity index (χ1v) is 7.59. The van der Waals surface area contributed by atoms with E-state index in [1.807, 2.05) is 13.8 Å². The van der Waals surface area contributed by atoms with E-state index in [1.54, 1.807) is 18.9 Å². The highest BCUT2D eigenvalue weighted by molar-refractivity contribution is 6.06. The van der Waals surface area contributed by atoms with Crippen molar-refractivity contribution in [2.24, 2.45) is 16.5 Å². The Hall–Kier alpha value is -3.56. The summed E-state index contributed by atoms with van der Waals surface area (Å²) in [6.45, 7) is 5.45. The Kier molecular flexibility index (Phi) is 5.15. The van der Waals surface area contributed by atoms with Gasteiger partial charge in [0.05, 0.1) is 33.3 Å². The zero-order valence-electron chi connectivity index (χ0n) is 14.8. The first-order valence-electron chi connectivity index (χ1n) is 7.59. The highest BCUT2D eigenvalue weighted by Crippen LogP contribution is 2.31. The van der Waals surface area contributed by atoms with Gasteiger partial charge in [0, 0.05) is 19.2 Å². The lowest BCUT2D eigenvalue weighted by molar-refractivity contribution is -0.384. The van der Waals surface area contributed by atoms with Gasteiger partial charge in [0.2, 0.25) is 0 Å². The van der Waals surface area contributed by atoms with Crippen molar-refractivity contribution in [3.63, 3.8) is 0 Å². The number of aliphatic imine (C=N–C) groups is 1. The maximum absolute atomic E-state index is 12.4. The molecule has 2 rings (SSSR count). The zero-order valence-corrected chi connectivity index (χ0v) is 14.8. The minimum atomic E-state index is -0.787. The molecule has 2 aromatic rings. The summed E-state index contributed by atoms with van der Waals surface area (Å²) in [4.78, 5) is 36.8. The van der Waals surface area contributed by atoms with E-state index in [1.165, 1.54) is 12.1 Å². The van der Waals surface area contributed by atoms with Gasteiger partial charge < -0.3 is 16.4 Å². The molecule has 0 radical (unpaired) electrons. The number of rotatable bonds is 4. The van der Waals surface area contributed by atoms with Gasteiger partial charge in [0.25, 0.3) is 11.6 Å². The van der Waals surface area contributed by atoms with Crippen LogP contribution < -0.4 is 16.4 Å². The molecule has 1 amide bonds. The Morgan fingerprint density at radius 2 is 1.77 bits per heavy atom. The topological polar surface area (TPSA) is 154 Å². The molecule has 0 fully saturated rings. The molecule has 0 saturated carbocycles. The van der Waals surface area contributed by atoms with Crippen molar-refractivity contribution in [2.45, 2.75) is 20.8 Å². The van der Waals surface area contributed by atoms with E-state index in [9.17, 15) is 14.9 Å². The summed E-state index contributed by atoms with van der Waals surface area (Å²) < 4.78 is 0. The van der Waals surface area contributed by atoms with Crippen molar-refractivity contribution < 1.29 is 9.72 Å². The standard InChI is InChI=1S/C16H19N7O3/c1-8-9(2)20-14(10(3)19-8)22(4)13-6-5-11(23(25)26)7-12(13)15(24)21-16(17)18/h5-7H,1-4H3,(H4,17,18,21,24). The van der Waals surface area contributed by atoms with Crippen LogP contribution in [0.5, 0.6) is 0 Å². The van der Waals surface area contributed by atoms with Gasteiger partial charge in [-0.25, -0.2) is 4.98 Å². The molecule has 1 aromatic carbocycles. The molecule has 0 saturated heterocycles. The Morgan fingerprint density at radius 1 is 1.15 bits per heavy atom. The molecule has 10 heteroatoms. The van der Waals surface area contributed by atoms with Crippen LogP contribution in [-0.2, 0) is 0 Å². The van der Waals surface area contributed by atoms with Gasteiger partial charge >= 0.3 is 0 Å². The predicted octanol–water partition coefficient (Wildman–Crippen LogP) is 1.49. The number of benzene rings is 1. The SMILES string of the molecule is Cc1nc(C)c(N(C)c2ccc([N+](=O)[O-])cc2C(=O)N=C(N)N)nc1C. The van der Waals surface area contributed by atoms with Crippen LogP contribution in [0.15, 0.2) is 23.2 Å². The number of guanidine groups is 1. The normalized spacial score (nSPS) is 10.3. The molecule has 136 valence electrons. The number of aryl methyl sites for hydroxylation is 3. The first kappa shape index (κ1) is 18.8. The van der Waals surface area contributed by atoms with Gasteiger partial charge in [0.15, 0.2) is 11.8 Å². The van der Waals surface area contributed by atoms with Gasteiger partial charge in [-0.15, -0.1) is 0 Å². The fourth-order valence-corrected chi connectivity index (χ4v) is 2.41. The Morgan fingerprint density at radius 3 is 2.35 bits per heavy atom. The van der Waals surface area contributed by atoms with Crippen LogP contribution >= 0.6 is 0 Å². The van der Waals surface area contributed by atoms with Gasteiger partial charge in [-0.05, 0) is 26.8 Å². The number of hydrogen-bond donors (Lipinski definition) is 2. The first-order chi connectivity index (χ1) is 12.1.